The molecule has 0 spiro atoms. The van der Waals surface area contributed by atoms with E-state index in [1.54, 1.807) is 23.7 Å². The predicted octanol–water partition coefficient (Wildman–Crippen LogP) is 3.16. The number of aryl methyl sites for hydroxylation is 2. The van der Waals surface area contributed by atoms with Gasteiger partial charge in [-0.3, -0.25) is 9.69 Å². The number of aromatic nitrogens is 3. The molecule has 0 radical (unpaired) electrons. The Morgan fingerprint density at radius 1 is 1.10 bits per heavy atom. The Balaban J connectivity index is 1.38. The number of amides is 1. The van der Waals surface area contributed by atoms with Crippen LogP contribution in [0.1, 0.15) is 34.6 Å². The standard InChI is InChI=1S/C22H24F2N6O/c1-13-10-30-12-19(26-14(2)21(30)25-13)27-22(31)20-17(23)8-16(9-18(20)24)29-7-6-28-5-3-4-15(28)11-29/h8-10,12,15H,3-7,11H2,1-2H3,(H,27,31)/t15-/m0/s1. The van der Waals surface area contributed by atoms with E-state index in [1.807, 2.05) is 11.8 Å². The van der Waals surface area contributed by atoms with E-state index < -0.39 is 23.1 Å². The van der Waals surface area contributed by atoms with Gasteiger partial charge in [-0.05, 0) is 45.4 Å². The lowest BCUT2D eigenvalue weighted by atomic mass is 10.1. The van der Waals surface area contributed by atoms with Gasteiger partial charge < -0.3 is 14.6 Å². The highest BCUT2D eigenvalue weighted by Crippen LogP contribution is 2.28. The molecule has 2 fully saturated rings. The van der Waals surface area contributed by atoms with E-state index in [-0.39, 0.29) is 5.82 Å². The number of piperazine rings is 1. The summed E-state index contributed by atoms with van der Waals surface area (Å²) in [5.41, 5.74) is 1.94. The quantitative estimate of drug-likeness (QED) is 0.697. The molecule has 9 heteroatoms. The van der Waals surface area contributed by atoms with Gasteiger partial charge in [0, 0.05) is 37.6 Å². The first kappa shape index (κ1) is 19.9. The molecule has 0 saturated carbocycles. The lowest BCUT2D eigenvalue weighted by Gasteiger charge is -2.38. The van der Waals surface area contributed by atoms with Gasteiger partial charge in [0.2, 0.25) is 0 Å². The number of nitrogens with one attached hydrogen (secondary N) is 1. The van der Waals surface area contributed by atoms with Crippen molar-refractivity contribution in [3.63, 3.8) is 0 Å². The van der Waals surface area contributed by atoms with Crippen LogP contribution in [0.15, 0.2) is 24.5 Å². The van der Waals surface area contributed by atoms with Crippen molar-refractivity contribution in [3.05, 3.63) is 53.1 Å². The molecular weight excluding hydrogens is 402 g/mol. The Kier molecular flexibility index (Phi) is 4.85. The highest BCUT2D eigenvalue weighted by Gasteiger charge is 2.31. The highest BCUT2D eigenvalue weighted by atomic mass is 19.1. The van der Waals surface area contributed by atoms with Crippen LogP contribution < -0.4 is 10.2 Å². The fraction of sp³-hybridized carbons (Fsp3) is 0.409. The van der Waals surface area contributed by atoms with Crippen LogP contribution in [0.4, 0.5) is 20.3 Å². The molecule has 0 bridgehead atoms. The number of fused-ring (bicyclic) bond motifs is 2. The summed E-state index contributed by atoms with van der Waals surface area (Å²) in [4.78, 5) is 25.7. The number of benzene rings is 1. The Morgan fingerprint density at radius 3 is 2.65 bits per heavy atom. The summed E-state index contributed by atoms with van der Waals surface area (Å²) in [6.45, 7) is 7.06. The number of hydrogen-bond acceptors (Lipinski definition) is 5. The van der Waals surface area contributed by atoms with Gasteiger partial charge in [0.05, 0.1) is 17.6 Å². The molecule has 1 aromatic carbocycles. The van der Waals surface area contributed by atoms with Crippen LogP contribution in [-0.2, 0) is 0 Å². The molecule has 3 aromatic rings. The van der Waals surface area contributed by atoms with Gasteiger partial charge in [0.1, 0.15) is 23.0 Å². The van der Waals surface area contributed by atoms with Crippen LogP contribution in [0, 0.1) is 25.5 Å². The third-order valence-corrected chi connectivity index (χ3v) is 6.17. The Bertz CT molecular complexity index is 1150. The summed E-state index contributed by atoms with van der Waals surface area (Å²) < 4.78 is 31.4. The summed E-state index contributed by atoms with van der Waals surface area (Å²) in [6.07, 6.45) is 5.64. The van der Waals surface area contributed by atoms with Gasteiger partial charge in [-0.2, -0.15) is 0 Å². The van der Waals surface area contributed by atoms with Crippen molar-refractivity contribution in [3.8, 4) is 0 Å². The van der Waals surface area contributed by atoms with E-state index in [0.717, 1.165) is 38.2 Å². The zero-order valence-corrected chi connectivity index (χ0v) is 17.5. The first-order valence-electron chi connectivity index (χ1n) is 10.5. The minimum absolute atomic E-state index is 0.202. The Labute approximate surface area is 178 Å². The van der Waals surface area contributed by atoms with Crippen LogP contribution in [0.3, 0.4) is 0 Å². The second kappa shape index (κ2) is 7.56. The SMILES string of the molecule is Cc1cn2cc(NC(=O)c3c(F)cc(N4CCN5CCC[C@H]5C4)cc3F)nc(C)c2n1. The van der Waals surface area contributed by atoms with Gasteiger partial charge in [-0.25, -0.2) is 18.7 Å². The predicted molar refractivity (Wildman–Crippen MR) is 114 cm³/mol. The third-order valence-electron chi connectivity index (χ3n) is 6.17. The molecule has 31 heavy (non-hydrogen) atoms. The Hall–Kier alpha value is -3.07. The molecule has 1 atom stereocenters. The number of carbonyl (C=O) groups excluding carboxylic acids is 1. The molecule has 2 aromatic heterocycles. The molecule has 0 unspecified atom stereocenters. The molecule has 4 heterocycles. The monoisotopic (exact) mass is 426 g/mol. The number of halogens is 2. The average Bonchev–Trinajstić information content (AvgIpc) is 3.32. The average molecular weight is 426 g/mol. The topological polar surface area (TPSA) is 65.8 Å². The zero-order chi connectivity index (χ0) is 21.7. The van der Waals surface area contributed by atoms with E-state index in [2.05, 4.69) is 20.2 Å². The smallest absolute Gasteiger partial charge is 0.262 e. The normalized spacial score (nSPS) is 19.1. The van der Waals surface area contributed by atoms with Crippen molar-refractivity contribution in [1.82, 2.24) is 19.3 Å². The van der Waals surface area contributed by atoms with Crippen LogP contribution >= 0.6 is 0 Å². The van der Waals surface area contributed by atoms with Crippen molar-refractivity contribution in [2.45, 2.75) is 32.7 Å². The van der Waals surface area contributed by atoms with Gasteiger partial charge in [-0.1, -0.05) is 0 Å². The molecule has 2 aliphatic heterocycles. The molecular formula is C22H24F2N6O. The second-order valence-electron chi connectivity index (χ2n) is 8.34. The fourth-order valence-corrected chi connectivity index (χ4v) is 4.70. The van der Waals surface area contributed by atoms with Crippen molar-refractivity contribution < 1.29 is 13.6 Å². The summed E-state index contributed by atoms with van der Waals surface area (Å²) in [5.74, 6) is -2.42. The molecule has 0 aliphatic carbocycles. The van der Waals surface area contributed by atoms with Crippen molar-refractivity contribution in [2.24, 2.45) is 0 Å². The molecule has 2 aliphatic rings. The minimum Gasteiger partial charge on any atom is -0.369 e. The highest BCUT2D eigenvalue weighted by molar-refractivity contribution is 6.04. The maximum atomic E-state index is 14.8. The number of nitrogens with zero attached hydrogens (tertiary/aromatic N) is 5. The Morgan fingerprint density at radius 2 is 1.87 bits per heavy atom. The third kappa shape index (κ3) is 3.63. The van der Waals surface area contributed by atoms with Crippen molar-refractivity contribution >= 4 is 23.1 Å². The lowest BCUT2D eigenvalue weighted by Crippen LogP contribution is -2.50. The van der Waals surface area contributed by atoms with E-state index >= 15 is 0 Å². The molecule has 2 saturated heterocycles. The van der Waals surface area contributed by atoms with E-state index in [1.165, 1.54) is 12.1 Å². The van der Waals surface area contributed by atoms with E-state index in [9.17, 15) is 13.6 Å². The molecule has 162 valence electrons. The molecule has 1 N–H and O–H groups in total. The van der Waals surface area contributed by atoms with Crippen LogP contribution in [-0.4, -0.2) is 57.4 Å². The minimum atomic E-state index is -0.877. The van der Waals surface area contributed by atoms with Gasteiger partial charge in [0.15, 0.2) is 5.65 Å². The van der Waals surface area contributed by atoms with Crippen molar-refractivity contribution in [1.29, 1.82) is 0 Å². The number of carbonyl (C=O) groups is 1. The maximum Gasteiger partial charge on any atom is 0.262 e. The van der Waals surface area contributed by atoms with Gasteiger partial charge in [-0.15, -0.1) is 0 Å². The molecule has 1 amide bonds. The summed E-state index contributed by atoms with van der Waals surface area (Å²) in [6, 6.07) is 2.94. The van der Waals surface area contributed by atoms with Crippen LogP contribution in [0.2, 0.25) is 0 Å². The molecule has 5 rings (SSSR count). The fourth-order valence-electron chi connectivity index (χ4n) is 4.70. The van der Waals surface area contributed by atoms with Crippen LogP contribution in [0.5, 0.6) is 0 Å². The summed E-state index contributed by atoms with van der Waals surface area (Å²) >= 11 is 0. The number of imidazole rings is 1. The van der Waals surface area contributed by atoms with E-state index in [0.29, 0.717) is 29.6 Å². The van der Waals surface area contributed by atoms with Gasteiger partial charge >= 0.3 is 0 Å². The zero-order valence-electron chi connectivity index (χ0n) is 17.5. The number of hydrogen-bond donors (Lipinski definition) is 1. The van der Waals surface area contributed by atoms with Crippen molar-refractivity contribution in [2.75, 3.05) is 36.4 Å². The first-order chi connectivity index (χ1) is 14.9. The summed E-state index contributed by atoms with van der Waals surface area (Å²) in [7, 11) is 0. The van der Waals surface area contributed by atoms with Crippen LogP contribution in [0.25, 0.3) is 5.65 Å². The largest absolute Gasteiger partial charge is 0.369 e. The van der Waals surface area contributed by atoms with E-state index in [4.69, 9.17) is 0 Å². The number of anilines is 2. The van der Waals surface area contributed by atoms with Gasteiger partial charge in [0.25, 0.3) is 5.91 Å². The maximum absolute atomic E-state index is 14.8. The number of rotatable bonds is 3. The summed E-state index contributed by atoms with van der Waals surface area (Å²) in [5, 5.41) is 2.51. The lowest BCUT2D eigenvalue weighted by molar-refractivity contribution is 0.101. The second-order valence-corrected chi connectivity index (χ2v) is 8.34. The first-order valence-corrected chi connectivity index (χ1v) is 10.5. The molecule has 7 nitrogen and oxygen atoms in total.